The molecule has 7 nitrogen and oxygen atoms in total. The fourth-order valence-electron chi connectivity index (χ4n) is 2.56. The summed E-state index contributed by atoms with van der Waals surface area (Å²) in [6, 6.07) is 0.597. The first-order valence-electron chi connectivity index (χ1n) is 6.95. The second kappa shape index (κ2) is 5.73. The third kappa shape index (κ3) is 2.96. The molecule has 2 aromatic heterocycles. The lowest BCUT2D eigenvalue weighted by Crippen LogP contribution is -2.33. The zero-order valence-corrected chi connectivity index (χ0v) is 12.6. The molecule has 0 aliphatic carbocycles. The smallest absolute Gasteiger partial charge is 0.290 e. The molecule has 1 aliphatic heterocycles. The maximum atomic E-state index is 13.8. The van der Waals surface area contributed by atoms with Gasteiger partial charge in [-0.2, -0.15) is 4.98 Å². The van der Waals surface area contributed by atoms with E-state index in [1.807, 2.05) is 0 Å². The molecule has 0 aromatic carbocycles. The lowest BCUT2D eigenvalue weighted by Gasteiger charge is -2.20. The van der Waals surface area contributed by atoms with Crippen LogP contribution in [0.2, 0.25) is 0 Å². The summed E-state index contributed by atoms with van der Waals surface area (Å²) in [6.07, 6.45) is 0.766. The van der Waals surface area contributed by atoms with Gasteiger partial charge in [-0.3, -0.25) is 4.79 Å². The van der Waals surface area contributed by atoms with Crippen LogP contribution in [-0.4, -0.2) is 40.5 Å². The number of ether oxygens (including phenoxy) is 1. The quantitative estimate of drug-likeness (QED) is 0.857. The molecule has 0 N–H and O–H groups in total. The average Bonchev–Trinajstić information content (AvgIpc) is 3.17. The Morgan fingerprint density at radius 3 is 3.00 bits per heavy atom. The van der Waals surface area contributed by atoms with Crippen LogP contribution in [0.5, 0.6) is 0 Å². The first-order valence-corrected chi connectivity index (χ1v) is 6.95. The van der Waals surface area contributed by atoms with Crippen molar-refractivity contribution in [1.82, 2.24) is 15.0 Å². The summed E-state index contributed by atoms with van der Waals surface area (Å²) in [4.78, 5) is 17.6. The summed E-state index contributed by atoms with van der Waals surface area (Å²) in [5, 5.41) is 3.65. The van der Waals surface area contributed by atoms with Gasteiger partial charge in [0, 0.05) is 19.1 Å². The van der Waals surface area contributed by atoms with Crippen molar-refractivity contribution in [3.63, 3.8) is 0 Å². The van der Waals surface area contributed by atoms with Gasteiger partial charge < -0.3 is 18.6 Å². The summed E-state index contributed by atoms with van der Waals surface area (Å²) in [5.41, 5.74) is 0.578. The molecule has 3 heterocycles. The number of carbonyl (C=O) groups excluding carboxylic acids is 1. The van der Waals surface area contributed by atoms with E-state index in [0.717, 1.165) is 4.90 Å². The summed E-state index contributed by atoms with van der Waals surface area (Å²) in [7, 11) is 1.45. The second-order valence-electron chi connectivity index (χ2n) is 5.42. The number of rotatable bonds is 4. The highest BCUT2D eigenvalue weighted by molar-refractivity contribution is 5.93. The van der Waals surface area contributed by atoms with Crippen LogP contribution in [0.1, 0.15) is 40.3 Å². The molecule has 1 aliphatic rings. The highest BCUT2D eigenvalue weighted by Crippen LogP contribution is 2.41. The van der Waals surface area contributed by atoms with E-state index < -0.39 is 30.8 Å². The van der Waals surface area contributed by atoms with Gasteiger partial charge in [0.1, 0.15) is 12.6 Å². The van der Waals surface area contributed by atoms with Crippen LogP contribution < -0.4 is 0 Å². The van der Waals surface area contributed by atoms with Gasteiger partial charge in [0.15, 0.2) is 11.6 Å². The topological polar surface area (TPSA) is 81.6 Å². The minimum absolute atomic E-state index is 0.0318. The molecule has 1 atom stereocenters. The summed E-state index contributed by atoms with van der Waals surface area (Å²) < 4.78 is 42.7. The normalized spacial score (nSPS) is 20.2. The number of halogens is 2. The molecule has 0 saturated carbocycles. The molecular weight excluding hydrogens is 312 g/mol. The molecule has 1 fully saturated rings. The van der Waals surface area contributed by atoms with E-state index >= 15 is 0 Å². The Hall–Kier alpha value is -2.29. The average molecular weight is 327 g/mol. The molecule has 9 heteroatoms. The number of furan rings is 1. The van der Waals surface area contributed by atoms with Crippen LogP contribution in [0.15, 0.2) is 21.3 Å². The minimum atomic E-state index is -3.03. The lowest BCUT2D eigenvalue weighted by atomic mass is 10.2. The van der Waals surface area contributed by atoms with Gasteiger partial charge in [0.2, 0.25) is 5.89 Å². The number of aryl methyl sites for hydroxylation is 1. The number of hydrogen-bond acceptors (Lipinski definition) is 6. The maximum Gasteiger partial charge on any atom is 0.290 e. The summed E-state index contributed by atoms with van der Waals surface area (Å²) in [6.45, 7) is 1.04. The number of nitrogens with zero attached hydrogens (tertiary/aromatic N) is 3. The predicted octanol–water partition coefficient (Wildman–Crippen LogP) is 2.34. The van der Waals surface area contributed by atoms with Gasteiger partial charge in [-0.1, -0.05) is 5.16 Å². The van der Waals surface area contributed by atoms with Crippen LogP contribution in [0.3, 0.4) is 0 Å². The van der Waals surface area contributed by atoms with Crippen molar-refractivity contribution in [2.45, 2.75) is 31.9 Å². The van der Waals surface area contributed by atoms with E-state index in [0.29, 0.717) is 5.56 Å². The number of hydrogen-bond donors (Lipinski definition) is 0. The Morgan fingerprint density at radius 2 is 2.35 bits per heavy atom. The van der Waals surface area contributed by atoms with Gasteiger partial charge in [0.25, 0.3) is 11.8 Å². The van der Waals surface area contributed by atoms with Crippen LogP contribution in [0, 0.1) is 6.92 Å². The Labute approximate surface area is 130 Å². The Balaban J connectivity index is 1.90. The third-order valence-electron chi connectivity index (χ3n) is 3.63. The number of amides is 1. The first-order chi connectivity index (χ1) is 10.9. The van der Waals surface area contributed by atoms with Crippen LogP contribution >= 0.6 is 0 Å². The molecule has 0 unspecified atom stereocenters. The fraction of sp³-hybridized carbons (Fsp3) is 0.500. The molecule has 0 spiro atoms. The molecule has 0 bridgehead atoms. The van der Waals surface area contributed by atoms with Gasteiger partial charge in [-0.25, -0.2) is 8.78 Å². The van der Waals surface area contributed by atoms with Gasteiger partial charge >= 0.3 is 0 Å². The second-order valence-corrected chi connectivity index (χ2v) is 5.42. The number of carbonyl (C=O) groups is 1. The SMILES string of the molecule is COCc1noc([C@@H]2CC(F)(F)CN2C(=O)c2occc2C)n1. The molecule has 1 saturated heterocycles. The van der Waals surface area contributed by atoms with Crippen molar-refractivity contribution in [2.24, 2.45) is 0 Å². The summed E-state index contributed by atoms with van der Waals surface area (Å²) >= 11 is 0. The molecule has 1 amide bonds. The lowest BCUT2D eigenvalue weighted by molar-refractivity contribution is 0.0113. The van der Waals surface area contributed by atoms with Crippen molar-refractivity contribution in [3.05, 3.63) is 35.4 Å². The van der Waals surface area contributed by atoms with Crippen molar-refractivity contribution >= 4 is 5.91 Å². The number of methoxy groups -OCH3 is 1. The monoisotopic (exact) mass is 327 g/mol. The van der Waals surface area contributed by atoms with E-state index in [2.05, 4.69) is 10.1 Å². The molecule has 0 radical (unpaired) electrons. The van der Waals surface area contributed by atoms with Gasteiger partial charge in [0.05, 0.1) is 12.8 Å². The van der Waals surface area contributed by atoms with E-state index in [9.17, 15) is 13.6 Å². The largest absolute Gasteiger partial charge is 0.459 e. The van der Waals surface area contributed by atoms with Crippen LogP contribution in [0.25, 0.3) is 0 Å². The van der Waals surface area contributed by atoms with Gasteiger partial charge in [-0.05, 0) is 13.0 Å². The number of aromatic nitrogens is 2. The Morgan fingerprint density at radius 1 is 1.57 bits per heavy atom. The van der Waals surface area contributed by atoms with E-state index in [1.54, 1.807) is 13.0 Å². The van der Waals surface area contributed by atoms with E-state index in [-0.39, 0.29) is 24.1 Å². The zero-order valence-electron chi connectivity index (χ0n) is 12.6. The predicted molar refractivity (Wildman–Crippen MR) is 71.8 cm³/mol. The third-order valence-corrected chi connectivity index (χ3v) is 3.63. The van der Waals surface area contributed by atoms with Crippen LogP contribution in [0.4, 0.5) is 8.78 Å². The standard InChI is InChI=1S/C14H15F2N3O4/c1-8-3-4-22-11(8)13(20)19-7-14(15,16)5-9(19)12-17-10(6-21-2)18-23-12/h3-4,9H,5-7H2,1-2H3/t9-/m0/s1. The maximum absolute atomic E-state index is 13.8. The summed E-state index contributed by atoms with van der Waals surface area (Å²) in [5.74, 6) is -3.42. The highest BCUT2D eigenvalue weighted by Gasteiger charge is 2.50. The van der Waals surface area contributed by atoms with Crippen molar-refractivity contribution in [2.75, 3.05) is 13.7 Å². The van der Waals surface area contributed by atoms with Crippen LogP contribution in [-0.2, 0) is 11.3 Å². The van der Waals surface area contributed by atoms with Crippen molar-refractivity contribution < 1.29 is 27.3 Å². The molecule has 2 aromatic rings. The molecule has 3 rings (SSSR count). The number of alkyl halides is 2. The fourth-order valence-corrected chi connectivity index (χ4v) is 2.56. The molecule has 124 valence electrons. The molecule has 23 heavy (non-hydrogen) atoms. The first kappa shape index (κ1) is 15.6. The number of likely N-dealkylation sites (tertiary alicyclic amines) is 1. The highest BCUT2D eigenvalue weighted by atomic mass is 19.3. The Kier molecular flexibility index (Phi) is 3.88. The van der Waals surface area contributed by atoms with Gasteiger partial charge in [-0.15, -0.1) is 0 Å². The Bertz CT molecular complexity index is 712. The van der Waals surface area contributed by atoms with E-state index in [4.69, 9.17) is 13.7 Å². The van der Waals surface area contributed by atoms with E-state index in [1.165, 1.54) is 13.4 Å². The zero-order chi connectivity index (χ0) is 16.6. The molecular formula is C14H15F2N3O4. The van der Waals surface area contributed by atoms with Crippen molar-refractivity contribution in [3.8, 4) is 0 Å². The van der Waals surface area contributed by atoms with Crippen molar-refractivity contribution in [1.29, 1.82) is 0 Å². The minimum Gasteiger partial charge on any atom is -0.459 e.